The summed E-state index contributed by atoms with van der Waals surface area (Å²) in [6.07, 6.45) is 2.73. The van der Waals surface area contributed by atoms with Gasteiger partial charge in [0.15, 0.2) is 27.2 Å². The van der Waals surface area contributed by atoms with E-state index in [1.807, 2.05) is 0 Å². The second-order valence-corrected chi connectivity index (χ2v) is 10.9. The van der Waals surface area contributed by atoms with Crippen molar-refractivity contribution in [3.8, 4) is 5.88 Å². The van der Waals surface area contributed by atoms with Gasteiger partial charge < -0.3 is 4.74 Å². The van der Waals surface area contributed by atoms with Crippen LogP contribution in [0.4, 0.5) is 0 Å². The minimum absolute atomic E-state index is 0.0762. The lowest BCUT2D eigenvalue weighted by Crippen LogP contribution is -2.42. The number of hydrogen-bond acceptors (Lipinski definition) is 7. The van der Waals surface area contributed by atoms with Crippen LogP contribution in [-0.2, 0) is 33.1 Å². The SMILES string of the molecule is Cn1nccc1OCc1c(S(C)(=O)=O)ccc(C(=O)C2C(=O)CC(C)(C)CC2=O)c1Cl. The Labute approximate surface area is 185 Å². The Morgan fingerprint density at radius 2 is 1.84 bits per heavy atom. The highest BCUT2D eigenvalue weighted by molar-refractivity contribution is 7.90. The first-order chi connectivity index (χ1) is 14.3. The average molecular weight is 467 g/mol. The number of hydrogen-bond donors (Lipinski definition) is 0. The summed E-state index contributed by atoms with van der Waals surface area (Å²) in [6.45, 7) is 3.35. The molecule has 0 N–H and O–H groups in total. The van der Waals surface area contributed by atoms with Gasteiger partial charge in [-0.1, -0.05) is 25.4 Å². The second kappa shape index (κ2) is 8.20. The van der Waals surface area contributed by atoms with E-state index in [1.54, 1.807) is 27.0 Å². The largest absolute Gasteiger partial charge is 0.473 e. The van der Waals surface area contributed by atoms with Gasteiger partial charge in [0, 0.05) is 43.3 Å². The standard InChI is InChI=1S/C21H23ClN2O6S/c1-21(2)9-14(25)18(15(26)10-21)20(27)12-5-6-16(31(4,28)29)13(19(12)22)11-30-17-7-8-23-24(17)3/h5-8,18H,9-11H2,1-4H3. The number of rotatable bonds is 6. The Kier molecular flexibility index (Phi) is 6.12. The topological polar surface area (TPSA) is 112 Å². The van der Waals surface area contributed by atoms with E-state index in [4.69, 9.17) is 16.3 Å². The summed E-state index contributed by atoms with van der Waals surface area (Å²) in [7, 11) is -2.04. The maximum Gasteiger partial charge on any atom is 0.211 e. The third kappa shape index (κ3) is 4.72. The van der Waals surface area contributed by atoms with Gasteiger partial charge in [0.05, 0.1) is 16.1 Å². The highest BCUT2D eigenvalue weighted by atomic mass is 35.5. The van der Waals surface area contributed by atoms with Crippen molar-refractivity contribution < 1.29 is 27.5 Å². The number of carbonyl (C=O) groups is 3. The van der Waals surface area contributed by atoms with E-state index in [0.717, 1.165) is 6.26 Å². The highest BCUT2D eigenvalue weighted by Crippen LogP contribution is 2.37. The van der Waals surface area contributed by atoms with E-state index in [1.165, 1.54) is 23.0 Å². The van der Waals surface area contributed by atoms with Crippen molar-refractivity contribution in [2.24, 2.45) is 18.4 Å². The average Bonchev–Trinajstić information content (AvgIpc) is 3.02. The summed E-state index contributed by atoms with van der Waals surface area (Å²) in [4.78, 5) is 38.1. The summed E-state index contributed by atoms with van der Waals surface area (Å²) in [5, 5.41) is 3.82. The Morgan fingerprint density at radius 1 is 1.23 bits per heavy atom. The summed E-state index contributed by atoms with van der Waals surface area (Å²) in [5.41, 5.74) is -0.506. The zero-order valence-electron chi connectivity index (χ0n) is 17.6. The minimum Gasteiger partial charge on any atom is -0.473 e. The van der Waals surface area contributed by atoms with Crippen LogP contribution in [0.25, 0.3) is 0 Å². The third-order valence-corrected chi connectivity index (χ3v) is 6.83. The van der Waals surface area contributed by atoms with Crippen LogP contribution in [0.3, 0.4) is 0 Å². The predicted molar refractivity (Wildman–Crippen MR) is 113 cm³/mol. The first kappa shape index (κ1) is 23.1. The van der Waals surface area contributed by atoms with Crippen molar-refractivity contribution in [3.63, 3.8) is 0 Å². The molecule has 166 valence electrons. The van der Waals surface area contributed by atoms with Gasteiger partial charge in [0.25, 0.3) is 0 Å². The maximum absolute atomic E-state index is 13.1. The van der Waals surface area contributed by atoms with Crippen molar-refractivity contribution >= 4 is 38.8 Å². The number of sulfone groups is 1. The van der Waals surface area contributed by atoms with Gasteiger partial charge in [0.1, 0.15) is 12.5 Å². The fourth-order valence-corrected chi connectivity index (χ4v) is 5.05. The molecule has 3 rings (SSSR count). The molecule has 1 aliphatic rings. The van der Waals surface area contributed by atoms with Crippen LogP contribution in [0.1, 0.15) is 42.6 Å². The summed E-state index contributed by atoms with van der Waals surface area (Å²) in [5.74, 6) is -2.70. The van der Waals surface area contributed by atoms with Crippen LogP contribution in [0.15, 0.2) is 29.3 Å². The number of ketones is 3. The van der Waals surface area contributed by atoms with Gasteiger partial charge >= 0.3 is 0 Å². The molecule has 0 spiro atoms. The van der Waals surface area contributed by atoms with Gasteiger partial charge in [-0.25, -0.2) is 13.1 Å². The van der Waals surface area contributed by atoms with Gasteiger partial charge in [-0.15, -0.1) is 0 Å². The number of ether oxygens (including phenoxy) is 1. The van der Waals surface area contributed by atoms with E-state index in [-0.39, 0.29) is 40.5 Å². The first-order valence-corrected chi connectivity index (χ1v) is 11.8. The zero-order valence-corrected chi connectivity index (χ0v) is 19.2. The molecule has 1 fully saturated rings. The fraction of sp³-hybridized carbons (Fsp3) is 0.429. The summed E-state index contributed by atoms with van der Waals surface area (Å²) in [6, 6.07) is 4.08. The molecule has 1 aromatic carbocycles. The molecule has 0 bridgehead atoms. The van der Waals surface area contributed by atoms with Crippen molar-refractivity contribution in [1.82, 2.24) is 9.78 Å². The molecule has 1 aromatic heterocycles. The Balaban J connectivity index is 2.02. The van der Waals surface area contributed by atoms with Crippen LogP contribution in [0.2, 0.25) is 5.02 Å². The monoisotopic (exact) mass is 466 g/mol. The molecule has 0 amide bonds. The lowest BCUT2D eigenvalue weighted by molar-refractivity contribution is -0.137. The van der Waals surface area contributed by atoms with Crippen LogP contribution < -0.4 is 4.74 Å². The number of aryl methyl sites for hydroxylation is 1. The van der Waals surface area contributed by atoms with Crippen molar-refractivity contribution in [2.45, 2.75) is 38.2 Å². The molecule has 1 aliphatic carbocycles. The molecule has 1 heterocycles. The first-order valence-electron chi connectivity index (χ1n) is 9.54. The van der Waals surface area contributed by atoms with Crippen LogP contribution >= 0.6 is 11.6 Å². The van der Waals surface area contributed by atoms with Crippen LogP contribution in [-0.4, -0.2) is 41.8 Å². The van der Waals surface area contributed by atoms with Gasteiger partial charge in [-0.2, -0.15) is 5.10 Å². The van der Waals surface area contributed by atoms with Crippen molar-refractivity contribution in [2.75, 3.05) is 6.26 Å². The number of halogens is 1. The predicted octanol–water partition coefficient (Wildman–Crippen LogP) is 2.81. The number of nitrogens with zero attached hydrogens (tertiary/aromatic N) is 2. The second-order valence-electron chi connectivity index (χ2n) is 8.51. The number of benzene rings is 1. The molecule has 2 aromatic rings. The Hall–Kier alpha value is -2.52. The molecule has 0 saturated heterocycles. The Morgan fingerprint density at radius 3 is 2.35 bits per heavy atom. The Bertz CT molecular complexity index is 1160. The van der Waals surface area contributed by atoms with E-state index in [0.29, 0.717) is 5.88 Å². The normalized spacial score (nSPS) is 17.1. The molecule has 1 saturated carbocycles. The van der Waals surface area contributed by atoms with Gasteiger partial charge in [0.2, 0.25) is 5.88 Å². The van der Waals surface area contributed by atoms with Crippen LogP contribution in [0, 0.1) is 11.3 Å². The van der Waals surface area contributed by atoms with E-state index in [2.05, 4.69) is 5.10 Å². The summed E-state index contributed by atoms with van der Waals surface area (Å²) >= 11 is 6.46. The molecular formula is C21H23ClN2O6S. The van der Waals surface area contributed by atoms with Gasteiger partial charge in [-0.05, 0) is 17.5 Å². The maximum atomic E-state index is 13.1. The number of aromatic nitrogens is 2. The molecule has 0 radical (unpaired) electrons. The fourth-order valence-electron chi connectivity index (χ4n) is 3.76. The quantitative estimate of drug-likeness (QED) is 0.475. The molecule has 0 aliphatic heterocycles. The van der Waals surface area contributed by atoms with E-state index in [9.17, 15) is 22.8 Å². The zero-order chi connectivity index (χ0) is 23.1. The van der Waals surface area contributed by atoms with Crippen molar-refractivity contribution in [3.05, 3.63) is 40.5 Å². The molecule has 8 nitrogen and oxygen atoms in total. The third-order valence-electron chi connectivity index (χ3n) is 5.22. The van der Waals surface area contributed by atoms with Gasteiger partial charge in [-0.3, -0.25) is 14.4 Å². The van der Waals surface area contributed by atoms with E-state index >= 15 is 0 Å². The molecule has 0 atom stereocenters. The minimum atomic E-state index is -3.69. The lowest BCUT2D eigenvalue weighted by Gasteiger charge is -2.31. The smallest absolute Gasteiger partial charge is 0.211 e. The summed E-state index contributed by atoms with van der Waals surface area (Å²) < 4.78 is 31.6. The molecule has 31 heavy (non-hydrogen) atoms. The van der Waals surface area contributed by atoms with E-state index < -0.39 is 38.5 Å². The highest BCUT2D eigenvalue weighted by Gasteiger charge is 2.44. The van der Waals surface area contributed by atoms with Crippen LogP contribution in [0.5, 0.6) is 5.88 Å². The number of Topliss-reactive ketones (excluding diaryl/α,β-unsaturated/α-hetero) is 3. The van der Waals surface area contributed by atoms with Crippen molar-refractivity contribution in [1.29, 1.82) is 0 Å². The molecular weight excluding hydrogens is 444 g/mol. The lowest BCUT2D eigenvalue weighted by atomic mass is 9.69. The number of carbonyl (C=O) groups excluding carboxylic acids is 3. The molecule has 10 heteroatoms. The molecule has 0 unspecified atom stereocenters.